The van der Waals surface area contributed by atoms with E-state index in [2.05, 4.69) is 15.9 Å². The molecule has 100 valence electrons. The number of nitrogens with zero attached hydrogens (tertiary/aromatic N) is 1. The summed E-state index contributed by atoms with van der Waals surface area (Å²) in [5.41, 5.74) is 1.05. The number of hydrogen-bond acceptors (Lipinski definition) is 2. The van der Waals surface area contributed by atoms with E-state index < -0.39 is 5.92 Å². The van der Waals surface area contributed by atoms with Crippen molar-refractivity contribution in [3.63, 3.8) is 0 Å². The summed E-state index contributed by atoms with van der Waals surface area (Å²) >= 11 is 15.0. The number of hydrogen-bond donors (Lipinski definition) is 0. The molecule has 0 amide bonds. The van der Waals surface area contributed by atoms with Crippen molar-refractivity contribution in [1.29, 1.82) is 5.26 Å². The first-order valence-corrected chi connectivity index (χ1v) is 7.22. The predicted molar refractivity (Wildman–Crippen MR) is 83.3 cm³/mol. The molecule has 1 atom stereocenters. The summed E-state index contributed by atoms with van der Waals surface area (Å²) in [6.45, 7) is 0. The highest BCUT2D eigenvalue weighted by molar-refractivity contribution is 9.10. The number of carbonyl (C=O) groups excluding carboxylic acids is 1. The molecule has 0 saturated carbocycles. The van der Waals surface area contributed by atoms with Crippen molar-refractivity contribution in [2.75, 3.05) is 0 Å². The number of rotatable bonds is 3. The van der Waals surface area contributed by atoms with E-state index >= 15 is 0 Å². The van der Waals surface area contributed by atoms with Crippen LogP contribution in [-0.2, 0) is 0 Å². The van der Waals surface area contributed by atoms with Crippen LogP contribution < -0.4 is 0 Å². The van der Waals surface area contributed by atoms with Crippen LogP contribution in [0, 0.1) is 11.3 Å². The number of benzene rings is 2. The van der Waals surface area contributed by atoms with Gasteiger partial charge < -0.3 is 0 Å². The van der Waals surface area contributed by atoms with Gasteiger partial charge in [0.25, 0.3) is 0 Å². The lowest BCUT2D eigenvalue weighted by molar-refractivity contribution is 0.0979. The summed E-state index contributed by atoms with van der Waals surface area (Å²) in [5, 5.41) is 10.3. The van der Waals surface area contributed by atoms with Crippen LogP contribution in [0.5, 0.6) is 0 Å². The molecule has 1 unspecified atom stereocenters. The third kappa shape index (κ3) is 3.21. The maximum Gasteiger partial charge on any atom is 0.184 e. The Morgan fingerprint density at radius 1 is 1.15 bits per heavy atom. The zero-order valence-electron chi connectivity index (χ0n) is 10.1. The Morgan fingerprint density at radius 3 is 2.35 bits per heavy atom. The van der Waals surface area contributed by atoms with Crippen molar-refractivity contribution in [3.8, 4) is 6.07 Å². The maximum atomic E-state index is 12.4. The van der Waals surface area contributed by atoms with Gasteiger partial charge in [0.1, 0.15) is 5.92 Å². The van der Waals surface area contributed by atoms with Gasteiger partial charge in [0.15, 0.2) is 5.78 Å². The van der Waals surface area contributed by atoms with Crippen molar-refractivity contribution in [1.82, 2.24) is 0 Å². The highest BCUT2D eigenvalue weighted by atomic mass is 79.9. The number of halogens is 3. The van der Waals surface area contributed by atoms with Crippen molar-refractivity contribution in [2.45, 2.75) is 5.92 Å². The normalized spacial score (nSPS) is 11.7. The molecule has 2 aromatic carbocycles. The molecule has 2 nitrogen and oxygen atoms in total. The fourth-order valence-corrected chi connectivity index (χ4v) is 2.38. The molecule has 0 heterocycles. The molecule has 0 aromatic heterocycles. The molecule has 0 bridgehead atoms. The largest absolute Gasteiger partial charge is 0.292 e. The molecule has 20 heavy (non-hydrogen) atoms. The summed E-state index contributed by atoms with van der Waals surface area (Å²) in [6.07, 6.45) is 0. The van der Waals surface area contributed by atoms with Crippen LogP contribution in [0.25, 0.3) is 0 Å². The van der Waals surface area contributed by atoms with Crippen LogP contribution in [-0.4, -0.2) is 5.78 Å². The minimum Gasteiger partial charge on any atom is -0.292 e. The molecule has 0 aliphatic rings. The van der Waals surface area contributed by atoms with Gasteiger partial charge in [-0.15, -0.1) is 0 Å². The van der Waals surface area contributed by atoms with E-state index in [1.54, 1.807) is 42.5 Å². The lowest BCUT2D eigenvalue weighted by Gasteiger charge is -2.09. The summed E-state index contributed by atoms with van der Waals surface area (Å²) in [6, 6.07) is 13.5. The molecular formula is C15H8BrCl2NO. The summed E-state index contributed by atoms with van der Waals surface area (Å²) in [7, 11) is 0. The molecule has 2 rings (SSSR count). The molecule has 5 heteroatoms. The van der Waals surface area contributed by atoms with Gasteiger partial charge in [0.2, 0.25) is 0 Å². The molecule has 0 N–H and O–H groups in total. The van der Waals surface area contributed by atoms with Crippen LogP contribution in [0.1, 0.15) is 21.8 Å². The monoisotopic (exact) mass is 367 g/mol. The van der Waals surface area contributed by atoms with Crippen LogP contribution in [0.15, 0.2) is 46.9 Å². The third-order valence-corrected chi connectivity index (χ3v) is 4.26. The predicted octanol–water partition coefficient (Wildman–Crippen LogP) is 5.25. The average molecular weight is 369 g/mol. The second-order valence-electron chi connectivity index (χ2n) is 4.11. The van der Waals surface area contributed by atoms with Crippen molar-refractivity contribution in [2.24, 2.45) is 0 Å². The van der Waals surface area contributed by atoms with E-state index in [4.69, 9.17) is 23.2 Å². The fraction of sp³-hybridized carbons (Fsp3) is 0.0667. The molecular weight excluding hydrogens is 361 g/mol. The Labute approximate surface area is 135 Å². The van der Waals surface area contributed by atoms with E-state index in [-0.39, 0.29) is 5.78 Å². The minimum atomic E-state index is -0.861. The Morgan fingerprint density at radius 2 is 1.80 bits per heavy atom. The zero-order chi connectivity index (χ0) is 14.7. The third-order valence-electron chi connectivity index (χ3n) is 2.80. The second kappa shape index (κ2) is 6.41. The van der Waals surface area contributed by atoms with Crippen LogP contribution >= 0.6 is 39.1 Å². The SMILES string of the molecule is N#CC(C(=O)c1ccc(Cl)c(Br)c1)c1ccc(Cl)cc1. The highest BCUT2D eigenvalue weighted by Crippen LogP contribution is 2.27. The van der Waals surface area contributed by atoms with Crippen molar-refractivity contribution < 1.29 is 4.79 Å². The maximum absolute atomic E-state index is 12.4. The van der Waals surface area contributed by atoms with E-state index in [0.29, 0.717) is 25.6 Å². The summed E-state index contributed by atoms with van der Waals surface area (Å²) in [4.78, 5) is 12.4. The smallest absolute Gasteiger partial charge is 0.184 e. The quantitative estimate of drug-likeness (QED) is 0.694. The lowest BCUT2D eigenvalue weighted by Crippen LogP contribution is -2.11. The number of ketones is 1. The van der Waals surface area contributed by atoms with Gasteiger partial charge in [-0.25, -0.2) is 0 Å². The minimum absolute atomic E-state index is 0.271. The Kier molecular flexibility index (Phi) is 4.82. The Balaban J connectivity index is 2.36. The summed E-state index contributed by atoms with van der Waals surface area (Å²) in [5.74, 6) is -1.13. The van der Waals surface area contributed by atoms with Gasteiger partial charge in [-0.3, -0.25) is 4.79 Å². The van der Waals surface area contributed by atoms with E-state index in [1.807, 2.05) is 6.07 Å². The Hall–Kier alpha value is -1.34. The van der Waals surface area contributed by atoms with Gasteiger partial charge in [-0.05, 0) is 51.8 Å². The van der Waals surface area contributed by atoms with Gasteiger partial charge in [0.05, 0.1) is 11.1 Å². The number of Topliss-reactive ketones (excluding diaryl/α,β-unsaturated/α-hetero) is 1. The number of carbonyl (C=O) groups is 1. The fourth-order valence-electron chi connectivity index (χ4n) is 1.76. The van der Waals surface area contributed by atoms with E-state index in [1.165, 1.54) is 0 Å². The molecule has 2 aromatic rings. The average Bonchev–Trinajstić information content (AvgIpc) is 2.44. The van der Waals surface area contributed by atoms with E-state index in [0.717, 1.165) is 0 Å². The first-order chi connectivity index (χ1) is 9.52. The molecule has 0 saturated heterocycles. The second-order valence-corrected chi connectivity index (χ2v) is 5.80. The zero-order valence-corrected chi connectivity index (χ0v) is 13.2. The van der Waals surface area contributed by atoms with Gasteiger partial charge in [0, 0.05) is 15.1 Å². The number of nitriles is 1. The molecule has 0 aliphatic carbocycles. The highest BCUT2D eigenvalue weighted by Gasteiger charge is 2.22. The van der Waals surface area contributed by atoms with Crippen LogP contribution in [0.2, 0.25) is 10.0 Å². The van der Waals surface area contributed by atoms with E-state index in [9.17, 15) is 10.1 Å². The van der Waals surface area contributed by atoms with Gasteiger partial charge in [-0.1, -0.05) is 35.3 Å². The van der Waals surface area contributed by atoms with Gasteiger partial charge >= 0.3 is 0 Å². The van der Waals surface area contributed by atoms with Crippen molar-refractivity contribution in [3.05, 3.63) is 68.1 Å². The van der Waals surface area contributed by atoms with Crippen LogP contribution in [0.3, 0.4) is 0 Å². The Bertz CT molecular complexity index is 692. The van der Waals surface area contributed by atoms with Crippen LogP contribution in [0.4, 0.5) is 0 Å². The first kappa shape index (κ1) is 15.1. The molecule has 0 spiro atoms. The molecule has 0 fully saturated rings. The topological polar surface area (TPSA) is 40.9 Å². The molecule has 0 aliphatic heterocycles. The van der Waals surface area contributed by atoms with Gasteiger partial charge in [-0.2, -0.15) is 5.26 Å². The first-order valence-electron chi connectivity index (χ1n) is 5.67. The lowest BCUT2D eigenvalue weighted by atomic mass is 9.92. The molecule has 0 radical (unpaired) electrons. The summed E-state index contributed by atoms with van der Waals surface area (Å²) < 4.78 is 0.623. The standard InChI is InChI=1S/C15H8BrCl2NO/c16-13-7-10(3-6-14(13)18)15(20)12(8-19)9-1-4-11(17)5-2-9/h1-7,12H. The van der Waals surface area contributed by atoms with Crippen molar-refractivity contribution >= 4 is 44.9 Å².